The number of nitrogens with two attached hydrogens (primary N) is 1. The molecule has 0 aliphatic carbocycles. The van der Waals surface area contributed by atoms with E-state index in [-0.39, 0.29) is 5.91 Å². The average Bonchev–Trinajstić information content (AvgIpc) is 2.40. The largest absolute Gasteiger partial charge is 0.399 e. The first-order valence-corrected chi connectivity index (χ1v) is 6.28. The predicted octanol–water partition coefficient (Wildman–Crippen LogP) is 2.98. The molecule has 1 amide bonds. The Morgan fingerprint density at radius 1 is 1.37 bits per heavy atom. The summed E-state index contributed by atoms with van der Waals surface area (Å²) in [5.74, 6) is -0.176. The highest BCUT2D eigenvalue weighted by Gasteiger charge is 2.17. The van der Waals surface area contributed by atoms with Gasteiger partial charge >= 0.3 is 0 Å². The van der Waals surface area contributed by atoms with E-state index in [1.54, 1.807) is 29.2 Å². The molecule has 2 aromatic rings. The number of rotatable bonds is 3. The Morgan fingerprint density at radius 2 is 2.16 bits per heavy atom. The topological polar surface area (TPSA) is 59.2 Å². The molecule has 19 heavy (non-hydrogen) atoms. The molecule has 0 unspecified atom stereocenters. The number of anilines is 2. The molecule has 0 radical (unpaired) electrons. The number of carbonyl (C=O) groups is 1. The van der Waals surface area contributed by atoms with Gasteiger partial charge in [0.2, 0.25) is 0 Å². The third-order valence-electron chi connectivity index (χ3n) is 2.69. The Labute approximate surface area is 116 Å². The Kier molecular flexibility index (Phi) is 4.02. The van der Waals surface area contributed by atoms with Crippen molar-refractivity contribution < 1.29 is 4.79 Å². The molecule has 0 spiro atoms. The molecule has 0 aliphatic heterocycles. The van der Waals surface area contributed by atoms with Crippen molar-refractivity contribution in [2.75, 3.05) is 17.2 Å². The zero-order chi connectivity index (χ0) is 13.8. The Hall–Kier alpha value is -2.07. The van der Waals surface area contributed by atoms with E-state index in [2.05, 4.69) is 4.98 Å². The highest BCUT2D eigenvalue weighted by molar-refractivity contribution is 6.30. The van der Waals surface area contributed by atoms with Gasteiger partial charge in [-0.1, -0.05) is 17.7 Å². The summed E-state index contributed by atoms with van der Waals surface area (Å²) in [6.07, 6.45) is 1.46. The lowest BCUT2D eigenvalue weighted by atomic mass is 10.2. The maximum atomic E-state index is 12.4. The van der Waals surface area contributed by atoms with Crippen LogP contribution in [0, 0.1) is 0 Å². The zero-order valence-corrected chi connectivity index (χ0v) is 11.3. The third kappa shape index (κ3) is 3.03. The van der Waals surface area contributed by atoms with Crippen LogP contribution in [-0.4, -0.2) is 17.4 Å². The van der Waals surface area contributed by atoms with Gasteiger partial charge in [-0.2, -0.15) is 0 Å². The van der Waals surface area contributed by atoms with Gasteiger partial charge in [0.1, 0.15) is 5.69 Å². The monoisotopic (exact) mass is 275 g/mol. The lowest BCUT2D eigenvalue weighted by Crippen LogP contribution is -2.31. The molecule has 1 aromatic carbocycles. The van der Waals surface area contributed by atoms with E-state index in [0.29, 0.717) is 22.9 Å². The van der Waals surface area contributed by atoms with Crippen LogP contribution in [-0.2, 0) is 0 Å². The maximum absolute atomic E-state index is 12.4. The summed E-state index contributed by atoms with van der Waals surface area (Å²) in [6.45, 7) is 2.43. The molecule has 0 aliphatic rings. The van der Waals surface area contributed by atoms with Gasteiger partial charge in [-0.05, 0) is 37.3 Å². The molecule has 2 N–H and O–H groups in total. The Bertz CT molecular complexity index is 583. The van der Waals surface area contributed by atoms with E-state index in [4.69, 9.17) is 17.3 Å². The molecule has 5 heteroatoms. The Balaban J connectivity index is 2.31. The van der Waals surface area contributed by atoms with Crippen LogP contribution in [0.5, 0.6) is 0 Å². The first-order valence-electron chi connectivity index (χ1n) is 5.90. The van der Waals surface area contributed by atoms with Crippen LogP contribution in [0.15, 0.2) is 42.6 Å². The molecule has 1 aromatic heterocycles. The minimum atomic E-state index is -0.176. The molecular formula is C14H14ClN3O. The predicted molar refractivity (Wildman–Crippen MR) is 77.5 cm³/mol. The molecule has 1 heterocycles. The van der Waals surface area contributed by atoms with Crippen LogP contribution < -0.4 is 10.6 Å². The minimum absolute atomic E-state index is 0.176. The number of hydrogen-bond acceptors (Lipinski definition) is 3. The van der Waals surface area contributed by atoms with Crippen LogP contribution in [0.25, 0.3) is 0 Å². The molecule has 0 bridgehead atoms. The molecule has 4 nitrogen and oxygen atoms in total. The summed E-state index contributed by atoms with van der Waals surface area (Å²) in [4.78, 5) is 18.0. The van der Waals surface area contributed by atoms with Gasteiger partial charge in [-0.3, -0.25) is 4.79 Å². The molecule has 0 saturated heterocycles. The van der Waals surface area contributed by atoms with E-state index < -0.39 is 0 Å². The lowest BCUT2D eigenvalue weighted by molar-refractivity contribution is 0.0983. The number of hydrogen-bond donors (Lipinski definition) is 1. The van der Waals surface area contributed by atoms with Crippen molar-refractivity contribution in [3.05, 3.63) is 53.3 Å². The number of pyridine rings is 1. The van der Waals surface area contributed by atoms with Crippen molar-refractivity contribution in [3.63, 3.8) is 0 Å². The Morgan fingerprint density at radius 3 is 2.74 bits per heavy atom. The number of nitrogen functional groups attached to an aromatic ring is 1. The first kappa shape index (κ1) is 13.4. The quantitative estimate of drug-likeness (QED) is 0.876. The van der Waals surface area contributed by atoms with Crippen molar-refractivity contribution in [2.45, 2.75) is 6.92 Å². The van der Waals surface area contributed by atoms with Crippen molar-refractivity contribution >= 4 is 28.9 Å². The van der Waals surface area contributed by atoms with E-state index in [0.717, 1.165) is 5.69 Å². The normalized spacial score (nSPS) is 10.2. The number of benzene rings is 1. The minimum Gasteiger partial charge on any atom is -0.399 e. The third-order valence-corrected chi connectivity index (χ3v) is 2.91. The van der Waals surface area contributed by atoms with Crippen LogP contribution >= 0.6 is 11.6 Å². The zero-order valence-electron chi connectivity index (χ0n) is 10.5. The van der Waals surface area contributed by atoms with Crippen molar-refractivity contribution in [3.8, 4) is 0 Å². The van der Waals surface area contributed by atoms with Gasteiger partial charge in [-0.25, -0.2) is 4.98 Å². The van der Waals surface area contributed by atoms with Crippen molar-refractivity contribution in [1.29, 1.82) is 0 Å². The number of carbonyl (C=O) groups excluding carboxylic acids is 1. The molecular weight excluding hydrogens is 262 g/mol. The van der Waals surface area contributed by atoms with E-state index >= 15 is 0 Å². The van der Waals surface area contributed by atoms with Gasteiger partial charge in [0.05, 0.1) is 5.02 Å². The van der Waals surface area contributed by atoms with Gasteiger partial charge < -0.3 is 10.6 Å². The lowest BCUT2D eigenvalue weighted by Gasteiger charge is -2.20. The number of nitrogens with zero attached hydrogens (tertiary/aromatic N) is 2. The number of aromatic nitrogens is 1. The van der Waals surface area contributed by atoms with E-state index in [9.17, 15) is 4.79 Å². The summed E-state index contributed by atoms with van der Waals surface area (Å²) in [5, 5.41) is 0.503. The van der Waals surface area contributed by atoms with Crippen LogP contribution in [0.3, 0.4) is 0 Å². The van der Waals surface area contributed by atoms with E-state index in [1.165, 1.54) is 6.20 Å². The molecule has 2 rings (SSSR count). The molecule has 98 valence electrons. The summed E-state index contributed by atoms with van der Waals surface area (Å²) in [5.41, 5.74) is 7.47. The maximum Gasteiger partial charge on any atom is 0.276 e. The standard InChI is InChI=1S/C14H14ClN3O/c1-2-18(12-5-3-4-11(16)8-12)14(19)13-7-6-10(15)9-17-13/h3-9H,2,16H2,1H3. The summed E-state index contributed by atoms with van der Waals surface area (Å²) < 4.78 is 0. The van der Waals surface area contributed by atoms with Gasteiger partial charge in [-0.15, -0.1) is 0 Å². The van der Waals surface area contributed by atoms with Gasteiger partial charge in [0.15, 0.2) is 0 Å². The van der Waals surface area contributed by atoms with Crippen molar-refractivity contribution in [2.24, 2.45) is 0 Å². The van der Waals surface area contributed by atoms with Gasteiger partial charge in [0, 0.05) is 24.1 Å². The van der Waals surface area contributed by atoms with E-state index in [1.807, 2.05) is 19.1 Å². The fourth-order valence-electron chi connectivity index (χ4n) is 1.78. The van der Waals surface area contributed by atoms with Gasteiger partial charge in [0.25, 0.3) is 5.91 Å². The smallest absolute Gasteiger partial charge is 0.276 e. The summed E-state index contributed by atoms with van der Waals surface area (Å²) in [7, 11) is 0. The number of halogens is 1. The number of amides is 1. The second-order valence-electron chi connectivity index (χ2n) is 4.01. The SMILES string of the molecule is CCN(C(=O)c1ccc(Cl)cn1)c1cccc(N)c1. The molecule has 0 atom stereocenters. The van der Waals surface area contributed by atoms with Crippen LogP contribution in [0.4, 0.5) is 11.4 Å². The first-order chi connectivity index (χ1) is 9.11. The van der Waals surface area contributed by atoms with Crippen LogP contribution in [0.1, 0.15) is 17.4 Å². The molecule has 0 saturated carbocycles. The summed E-state index contributed by atoms with van der Waals surface area (Å²) >= 11 is 5.76. The fourth-order valence-corrected chi connectivity index (χ4v) is 1.89. The average molecular weight is 276 g/mol. The van der Waals surface area contributed by atoms with Crippen molar-refractivity contribution in [1.82, 2.24) is 4.98 Å². The van der Waals surface area contributed by atoms with Crippen LogP contribution in [0.2, 0.25) is 5.02 Å². The highest BCUT2D eigenvalue weighted by Crippen LogP contribution is 2.19. The fraction of sp³-hybridized carbons (Fsp3) is 0.143. The second-order valence-corrected chi connectivity index (χ2v) is 4.44. The summed E-state index contributed by atoms with van der Waals surface area (Å²) in [6, 6.07) is 10.5. The highest BCUT2D eigenvalue weighted by atomic mass is 35.5. The second kappa shape index (κ2) is 5.71. The molecule has 0 fully saturated rings.